The molecular formula is C23H40. The monoisotopic (exact) mass is 316 g/mol. The minimum atomic E-state index is 1.01. The van der Waals surface area contributed by atoms with Crippen molar-refractivity contribution in [3.63, 3.8) is 0 Å². The average molecular weight is 317 g/mol. The van der Waals surface area contributed by atoms with Gasteiger partial charge in [-0.25, -0.2) is 0 Å². The molecule has 4 fully saturated rings. The summed E-state index contributed by atoms with van der Waals surface area (Å²) >= 11 is 0. The fourth-order valence-corrected chi connectivity index (χ4v) is 8.39. The van der Waals surface area contributed by atoms with Crippen LogP contribution in [0.2, 0.25) is 0 Å². The third kappa shape index (κ3) is 2.62. The Labute approximate surface area is 145 Å². The molecule has 0 aromatic rings. The largest absolute Gasteiger partial charge is 0.0620 e. The summed E-state index contributed by atoms with van der Waals surface area (Å²) in [6.45, 7) is 10.5. The molecule has 4 saturated carbocycles. The SMILES string of the molecule is CC1C(CC2C(C)C3CCCCC3C2C)C(C)C2CCCCC12. The van der Waals surface area contributed by atoms with Gasteiger partial charge >= 0.3 is 0 Å². The molecule has 0 aromatic heterocycles. The molecule has 0 N–H and O–H groups in total. The normalized spacial score (nSPS) is 56.3. The van der Waals surface area contributed by atoms with Crippen molar-refractivity contribution in [3.8, 4) is 0 Å². The van der Waals surface area contributed by atoms with E-state index in [1.807, 2.05) is 0 Å². The van der Waals surface area contributed by atoms with E-state index in [9.17, 15) is 0 Å². The maximum atomic E-state index is 2.63. The van der Waals surface area contributed by atoms with Crippen LogP contribution >= 0.6 is 0 Å². The summed E-state index contributed by atoms with van der Waals surface area (Å²) in [7, 11) is 0. The van der Waals surface area contributed by atoms with Crippen LogP contribution < -0.4 is 0 Å². The lowest BCUT2D eigenvalue weighted by Gasteiger charge is -2.30. The van der Waals surface area contributed by atoms with Crippen LogP contribution in [0.3, 0.4) is 0 Å². The van der Waals surface area contributed by atoms with Gasteiger partial charge in [-0.05, 0) is 91.3 Å². The van der Waals surface area contributed by atoms with E-state index in [2.05, 4.69) is 27.7 Å². The van der Waals surface area contributed by atoms with Gasteiger partial charge in [0.05, 0.1) is 0 Å². The van der Waals surface area contributed by atoms with E-state index in [-0.39, 0.29) is 0 Å². The zero-order chi connectivity index (χ0) is 16.1. The Balaban J connectivity index is 1.49. The van der Waals surface area contributed by atoms with Crippen LogP contribution in [-0.2, 0) is 0 Å². The topological polar surface area (TPSA) is 0 Å². The quantitative estimate of drug-likeness (QED) is 0.526. The Kier molecular flexibility index (Phi) is 4.57. The van der Waals surface area contributed by atoms with Gasteiger partial charge < -0.3 is 0 Å². The summed E-state index contributed by atoms with van der Waals surface area (Å²) in [5.74, 6) is 10.5. The van der Waals surface area contributed by atoms with Crippen molar-refractivity contribution >= 4 is 0 Å². The maximum absolute atomic E-state index is 2.63. The van der Waals surface area contributed by atoms with Gasteiger partial charge in [-0.15, -0.1) is 0 Å². The first kappa shape index (κ1) is 16.5. The number of rotatable bonds is 2. The fraction of sp³-hybridized carbons (Fsp3) is 1.00. The van der Waals surface area contributed by atoms with Crippen LogP contribution in [0.25, 0.3) is 0 Å². The van der Waals surface area contributed by atoms with Gasteiger partial charge in [0.25, 0.3) is 0 Å². The van der Waals surface area contributed by atoms with Gasteiger partial charge in [-0.2, -0.15) is 0 Å². The Morgan fingerprint density at radius 2 is 0.739 bits per heavy atom. The number of fused-ring (bicyclic) bond motifs is 2. The molecule has 8 atom stereocenters. The molecule has 0 aromatic carbocycles. The van der Waals surface area contributed by atoms with Gasteiger partial charge in [-0.3, -0.25) is 0 Å². The molecule has 4 aliphatic carbocycles. The van der Waals surface area contributed by atoms with Gasteiger partial charge in [-0.1, -0.05) is 53.4 Å². The summed E-state index contributed by atoms with van der Waals surface area (Å²) in [4.78, 5) is 0. The van der Waals surface area contributed by atoms with Gasteiger partial charge in [0, 0.05) is 0 Å². The first-order chi connectivity index (χ1) is 11.1. The van der Waals surface area contributed by atoms with E-state index in [0.717, 1.165) is 59.2 Å². The highest BCUT2D eigenvalue weighted by atomic mass is 14.6. The fourth-order valence-electron chi connectivity index (χ4n) is 8.39. The predicted octanol–water partition coefficient (Wildman–Crippen LogP) is 6.79. The van der Waals surface area contributed by atoms with Crippen molar-refractivity contribution in [1.29, 1.82) is 0 Å². The van der Waals surface area contributed by atoms with Crippen molar-refractivity contribution in [1.82, 2.24) is 0 Å². The lowest BCUT2D eigenvalue weighted by Crippen LogP contribution is -2.23. The van der Waals surface area contributed by atoms with Gasteiger partial charge in [0.15, 0.2) is 0 Å². The Morgan fingerprint density at radius 3 is 1.00 bits per heavy atom. The highest BCUT2D eigenvalue weighted by Crippen LogP contribution is 2.59. The predicted molar refractivity (Wildman–Crippen MR) is 99.1 cm³/mol. The van der Waals surface area contributed by atoms with Crippen molar-refractivity contribution < 1.29 is 0 Å². The lowest BCUT2D eigenvalue weighted by molar-refractivity contribution is 0.190. The molecule has 132 valence electrons. The molecule has 4 rings (SSSR count). The summed E-state index contributed by atoms with van der Waals surface area (Å²) in [5.41, 5.74) is 0. The Morgan fingerprint density at radius 1 is 0.478 bits per heavy atom. The van der Waals surface area contributed by atoms with E-state index in [1.54, 1.807) is 32.1 Å². The van der Waals surface area contributed by atoms with E-state index in [0.29, 0.717) is 0 Å². The molecule has 0 bridgehead atoms. The van der Waals surface area contributed by atoms with Crippen molar-refractivity contribution in [2.24, 2.45) is 59.2 Å². The third-order valence-electron chi connectivity index (χ3n) is 9.70. The summed E-state index contributed by atoms with van der Waals surface area (Å²) < 4.78 is 0. The van der Waals surface area contributed by atoms with Crippen LogP contribution in [0.15, 0.2) is 0 Å². The van der Waals surface area contributed by atoms with Gasteiger partial charge in [0.2, 0.25) is 0 Å². The third-order valence-corrected chi connectivity index (χ3v) is 9.70. The van der Waals surface area contributed by atoms with E-state index < -0.39 is 0 Å². The maximum Gasteiger partial charge on any atom is -0.0354 e. The van der Waals surface area contributed by atoms with Crippen LogP contribution in [0.4, 0.5) is 0 Å². The highest BCUT2D eigenvalue weighted by Gasteiger charge is 2.51. The lowest BCUT2D eigenvalue weighted by atomic mass is 9.75. The van der Waals surface area contributed by atoms with Crippen molar-refractivity contribution in [3.05, 3.63) is 0 Å². The van der Waals surface area contributed by atoms with Gasteiger partial charge in [0.1, 0.15) is 0 Å². The Hall–Kier alpha value is 0. The molecular weight excluding hydrogens is 276 g/mol. The second-order valence-corrected chi connectivity index (χ2v) is 10.2. The molecule has 8 unspecified atom stereocenters. The van der Waals surface area contributed by atoms with E-state index in [4.69, 9.17) is 0 Å². The number of hydrogen-bond donors (Lipinski definition) is 0. The molecule has 0 nitrogen and oxygen atoms in total. The standard InChI is InChI=1S/C23H40/c1-14-18-9-5-6-10-19(18)15(2)22(14)13-23-16(3)20-11-7-8-12-21(20)17(23)4/h14-23H,5-13H2,1-4H3. The molecule has 0 aliphatic heterocycles. The van der Waals surface area contributed by atoms with E-state index >= 15 is 0 Å². The summed E-state index contributed by atoms with van der Waals surface area (Å²) in [6, 6.07) is 0. The first-order valence-corrected chi connectivity index (χ1v) is 11.1. The van der Waals surface area contributed by atoms with Crippen LogP contribution in [-0.4, -0.2) is 0 Å². The second-order valence-electron chi connectivity index (χ2n) is 10.2. The summed E-state index contributed by atoms with van der Waals surface area (Å²) in [5, 5.41) is 0. The second kappa shape index (κ2) is 6.38. The molecule has 0 radical (unpaired) electrons. The van der Waals surface area contributed by atoms with Crippen LogP contribution in [0, 0.1) is 59.2 Å². The van der Waals surface area contributed by atoms with Crippen LogP contribution in [0.1, 0.15) is 85.5 Å². The van der Waals surface area contributed by atoms with Crippen molar-refractivity contribution in [2.45, 2.75) is 85.5 Å². The molecule has 0 heterocycles. The molecule has 0 spiro atoms. The molecule has 4 aliphatic rings. The smallest absolute Gasteiger partial charge is 0.0354 e. The van der Waals surface area contributed by atoms with Crippen molar-refractivity contribution in [2.75, 3.05) is 0 Å². The van der Waals surface area contributed by atoms with E-state index in [1.165, 1.54) is 25.7 Å². The zero-order valence-electron chi connectivity index (χ0n) is 16.1. The highest BCUT2D eigenvalue weighted by molar-refractivity contribution is 5.00. The molecule has 0 amide bonds. The van der Waals surface area contributed by atoms with Crippen LogP contribution in [0.5, 0.6) is 0 Å². The first-order valence-electron chi connectivity index (χ1n) is 11.1. The summed E-state index contributed by atoms with van der Waals surface area (Å²) in [6.07, 6.45) is 13.8. The molecule has 0 heteroatoms. The number of hydrogen-bond acceptors (Lipinski definition) is 0. The molecule has 23 heavy (non-hydrogen) atoms. The molecule has 0 saturated heterocycles. The zero-order valence-corrected chi connectivity index (χ0v) is 16.1. The Bertz CT molecular complexity index is 338. The minimum Gasteiger partial charge on any atom is -0.0620 e. The minimum absolute atomic E-state index is 1.01. The average Bonchev–Trinajstić information content (AvgIpc) is 2.97.